The highest BCUT2D eigenvalue weighted by Gasteiger charge is 2.29. The van der Waals surface area contributed by atoms with Gasteiger partial charge in [0.25, 0.3) is 0 Å². The van der Waals surface area contributed by atoms with Gasteiger partial charge in [0.05, 0.1) is 12.1 Å². The van der Waals surface area contributed by atoms with E-state index in [1.54, 1.807) is 7.11 Å². The van der Waals surface area contributed by atoms with Gasteiger partial charge < -0.3 is 15.4 Å². The predicted molar refractivity (Wildman–Crippen MR) is 47.0 cm³/mol. The number of nitrogens with zero attached hydrogens (tertiary/aromatic N) is 2. The number of hydrogen-bond acceptors (Lipinski definition) is 2. The first-order chi connectivity index (χ1) is 5.79. The van der Waals surface area contributed by atoms with E-state index in [-0.39, 0.29) is 0 Å². The highest BCUT2D eigenvalue weighted by molar-refractivity contribution is 5.79. The number of guanidine groups is 1. The fourth-order valence-electron chi connectivity index (χ4n) is 1.25. The monoisotopic (exact) mass is 169 g/mol. The van der Waals surface area contributed by atoms with Gasteiger partial charge in [-0.05, 0) is 12.8 Å². The Kier molecular flexibility index (Phi) is 1.92. The van der Waals surface area contributed by atoms with E-state index in [4.69, 9.17) is 10.5 Å². The van der Waals surface area contributed by atoms with Crippen molar-refractivity contribution in [3.05, 3.63) is 0 Å². The standard InChI is InChI=1S/C8H15N3O/c1-12-7-4-11(5-7)8(9)10-6-2-3-6/h6-7H,2-5H2,1H3,(H2,9,10). The lowest BCUT2D eigenvalue weighted by atomic mass is 10.2. The van der Waals surface area contributed by atoms with Gasteiger partial charge in [0, 0.05) is 20.2 Å². The zero-order valence-corrected chi connectivity index (χ0v) is 7.36. The fourth-order valence-corrected chi connectivity index (χ4v) is 1.25. The number of rotatable bonds is 2. The molecule has 0 amide bonds. The minimum Gasteiger partial charge on any atom is -0.378 e. The van der Waals surface area contributed by atoms with E-state index in [0.29, 0.717) is 18.1 Å². The molecular formula is C8H15N3O. The Hall–Kier alpha value is -0.770. The first-order valence-corrected chi connectivity index (χ1v) is 4.40. The molecule has 1 aliphatic carbocycles. The van der Waals surface area contributed by atoms with Crippen LogP contribution in [0.4, 0.5) is 0 Å². The highest BCUT2D eigenvalue weighted by Crippen LogP contribution is 2.24. The van der Waals surface area contributed by atoms with Crippen LogP contribution in [-0.2, 0) is 4.74 Å². The van der Waals surface area contributed by atoms with Gasteiger partial charge >= 0.3 is 0 Å². The number of ether oxygens (including phenoxy) is 1. The molecular weight excluding hydrogens is 154 g/mol. The van der Waals surface area contributed by atoms with Crippen molar-refractivity contribution in [2.45, 2.75) is 25.0 Å². The maximum atomic E-state index is 5.76. The summed E-state index contributed by atoms with van der Waals surface area (Å²) in [7, 11) is 1.73. The summed E-state index contributed by atoms with van der Waals surface area (Å²) in [6.07, 6.45) is 2.78. The van der Waals surface area contributed by atoms with Crippen LogP contribution in [0.15, 0.2) is 4.99 Å². The lowest BCUT2D eigenvalue weighted by Crippen LogP contribution is -2.56. The second-order valence-corrected chi connectivity index (χ2v) is 3.48. The topological polar surface area (TPSA) is 50.9 Å². The van der Waals surface area contributed by atoms with E-state index in [9.17, 15) is 0 Å². The summed E-state index contributed by atoms with van der Waals surface area (Å²) in [4.78, 5) is 6.41. The molecule has 0 aromatic rings. The van der Waals surface area contributed by atoms with Gasteiger partial charge in [-0.2, -0.15) is 0 Å². The Morgan fingerprint density at radius 3 is 2.67 bits per heavy atom. The van der Waals surface area contributed by atoms with Crippen LogP contribution in [0.25, 0.3) is 0 Å². The lowest BCUT2D eigenvalue weighted by Gasteiger charge is -2.38. The smallest absolute Gasteiger partial charge is 0.191 e. The molecule has 1 aliphatic heterocycles. The molecule has 1 saturated heterocycles. The summed E-state index contributed by atoms with van der Waals surface area (Å²) < 4.78 is 5.13. The van der Waals surface area contributed by atoms with Gasteiger partial charge in [0.2, 0.25) is 0 Å². The number of nitrogens with two attached hydrogens (primary N) is 1. The molecule has 4 nitrogen and oxygen atoms in total. The Morgan fingerprint density at radius 1 is 1.50 bits per heavy atom. The number of aliphatic imine (C=N–C) groups is 1. The van der Waals surface area contributed by atoms with Crippen LogP contribution in [0.3, 0.4) is 0 Å². The molecule has 2 aliphatic rings. The fraction of sp³-hybridized carbons (Fsp3) is 0.875. The van der Waals surface area contributed by atoms with Crippen molar-refractivity contribution in [3.63, 3.8) is 0 Å². The van der Waals surface area contributed by atoms with Crippen molar-refractivity contribution in [2.24, 2.45) is 10.7 Å². The van der Waals surface area contributed by atoms with Gasteiger partial charge in [0.1, 0.15) is 0 Å². The van der Waals surface area contributed by atoms with Crippen molar-refractivity contribution in [1.29, 1.82) is 0 Å². The first-order valence-electron chi connectivity index (χ1n) is 4.40. The third-order valence-corrected chi connectivity index (χ3v) is 2.37. The van der Waals surface area contributed by atoms with Crippen LogP contribution >= 0.6 is 0 Å². The third-order valence-electron chi connectivity index (χ3n) is 2.37. The molecule has 2 rings (SSSR count). The van der Waals surface area contributed by atoms with Gasteiger partial charge in [-0.1, -0.05) is 0 Å². The summed E-state index contributed by atoms with van der Waals surface area (Å²) in [5.74, 6) is 0.700. The van der Waals surface area contributed by atoms with Crippen LogP contribution in [0, 0.1) is 0 Å². The molecule has 2 fully saturated rings. The van der Waals surface area contributed by atoms with Crippen LogP contribution in [-0.4, -0.2) is 43.2 Å². The van der Waals surface area contributed by atoms with Crippen molar-refractivity contribution >= 4 is 5.96 Å². The molecule has 1 saturated carbocycles. The summed E-state index contributed by atoms with van der Waals surface area (Å²) in [6, 6.07) is 0.520. The van der Waals surface area contributed by atoms with Gasteiger partial charge in [0.15, 0.2) is 5.96 Å². The Balaban J connectivity index is 1.78. The zero-order valence-electron chi connectivity index (χ0n) is 7.36. The van der Waals surface area contributed by atoms with Crippen molar-refractivity contribution in [2.75, 3.05) is 20.2 Å². The summed E-state index contributed by atoms with van der Waals surface area (Å²) in [5.41, 5.74) is 5.76. The maximum Gasteiger partial charge on any atom is 0.191 e. The number of likely N-dealkylation sites (tertiary alicyclic amines) is 1. The van der Waals surface area contributed by atoms with E-state index in [1.807, 2.05) is 0 Å². The summed E-state index contributed by atoms with van der Waals surface area (Å²) >= 11 is 0. The van der Waals surface area contributed by atoms with Gasteiger partial charge in [-0.15, -0.1) is 0 Å². The Bertz CT molecular complexity index is 194. The molecule has 2 N–H and O–H groups in total. The number of hydrogen-bond donors (Lipinski definition) is 1. The second-order valence-electron chi connectivity index (χ2n) is 3.48. The molecule has 12 heavy (non-hydrogen) atoms. The molecule has 68 valence electrons. The molecule has 0 unspecified atom stereocenters. The molecule has 0 atom stereocenters. The molecule has 4 heteroatoms. The largest absolute Gasteiger partial charge is 0.378 e. The molecule has 0 aromatic carbocycles. The number of methoxy groups -OCH3 is 1. The van der Waals surface area contributed by atoms with Crippen molar-refractivity contribution < 1.29 is 4.74 Å². The maximum absolute atomic E-state index is 5.76. The SMILES string of the molecule is COC1CN(C(N)=NC2CC2)C1. The van der Waals surface area contributed by atoms with Crippen molar-refractivity contribution in [3.8, 4) is 0 Å². The molecule has 0 spiro atoms. The van der Waals surface area contributed by atoms with Gasteiger partial charge in [-0.25, -0.2) is 4.99 Å². The minimum atomic E-state index is 0.359. The van der Waals surface area contributed by atoms with Crippen LogP contribution < -0.4 is 5.73 Å². The van der Waals surface area contributed by atoms with E-state index in [1.165, 1.54) is 12.8 Å². The van der Waals surface area contributed by atoms with Crippen LogP contribution in [0.5, 0.6) is 0 Å². The summed E-state index contributed by atoms with van der Waals surface area (Å²) in [5, 5.41) is 0. The quantitative estimate of drug-likeness (QED) is 0.460. The van der Waals surface area contributed by atoms with Crippen LogP contribution in [0.2, 0.25) is 0 Å². The highest BCUT2D eigenvalue weighted by atomic mass is 16.5. The zero-order chi connectivity index (χ0) is 8.55. The lowest BCUT2D eigenvalue weighted by molar-refractivity contribution is 0.00508. The molecule has 0 aromatic heterocycles. The Labute approximate surface area is 72.4 Å². The van der Waals surface area contributed by atoms with E-state index < -0.39 is 0 Å². The third kappa shape index (κ3) is 1.53. The van der Waals surface area contributed by atoms with Gasteiger partial charge in [-0.3, -0.25) is 0 Å². The predicted octanol–water partition coefficient (Wildman–Crippen LogP) is -0.206. The average molecular weight is 169 g/mol. The second kappa shape index (κ2) is 2.94. The van der Waals surface area contributed by atoms with Crippen LogP contribution in [0.1, 0.15) is 12.8 Å². The summed E-state index contributed by atoms with van der Waals surface area (Å²) in [6.45, 7) is 1.80. The van der Waals surface area contributed by atoms with E-state index in [2.05, 4.69) is 9.89 Å². The Morgan fingerprint density at radius 2 is 2.17 bits per heavy atom. The minimum absolute atomic E-state index is 0.359. The molecule has 0 bridgehead atoms. The van der Waals surface area contributed by atoms with E-state index >= 15 is 0 Å². The van der Waals surface area contributed by atoms with Crippen molar-refractivity contribution in [1.82, 2.24) is 4.90 Å². The average Bonchev–Trinajstić information content (AvgIpc) is 2.69. The molecule has 1 heterocycles. The normalized spacial score (nSPS) is 25.8. The first kappa shape index (κ1) is 7.86. The van der Waals surface area contributed by atoms with E-state index in [0.717, 1.165) is 13.1 Å². The molecule has 0 radical (unpaired) electrons.